The zero-order chi connectivity index (χ0) is 8.10. The Morgan fingerprint density at radius 2 is 2.55 bits per heavy atom. The molecule has 3 heteroatoms. The molecule has 0 aliphatic carbocycles. The maximum absolute atomic E-state index is 8.83. The molecule has 0 saturated heterocycles. The first-order valence-corrected chi connectivity index (χ1v) is 3.66. The Labute approximate surface area is 66.0 Å². The molecular weight excluding hydrogens is 142 g/mol. The van der Waals surface area contributed by atoms with Crippen LogP contribution in [0, 0.1) is 0 Å². The number of nitrogens with one attached hydrogen (secondary N) is 1. The lowest BCUT2D eigenvalue weighted by Crippen LogP contribution is -2.30. The molecule has 2 N–H and O–H groups in total. The molecule has 1 aromatic rings. The molecular formula is C8H13NO2. The summed E-state index contributed by atoms with van der Waals surface area (Å²) in [6, 6.07) is 2.03. The van der Waals surface area contributed by atoms with Crippen LogP contribution in [0.25, 0.3) is 0 Å². The van der Waals surface area contributed by atoms with E-state index < -0.39 is 0 Å². The molecule has 0 aromatic carbocycles. The van der Waals surface area contributed by atoms with E-state index in [1.165, 1.54) is 0 Å². The first-order chi connectivity index (χ1) is 5.36. The molecule has 0 fully saturated rings. The lowest BCUT2D eigenvalue weighted by molar-refractivity contribution is 0.248. The van der Waals surface area contributed by atoms with Crippen molar-refractivity contribution in [2.24, 2.45) is 0 Å². The molecule has 0 aliphatic heterocycles. The minimum Gasteiger partial charge on any atom is -0.472 e. The minimum atomic E-state index is 0.132. The van der Waals surface area contributed by atoms with Crippen LogP contribution in [0.3, 0.4) is 0 Å². The highest BCUT2D eigenvalue weighted by Gasteiger charge is 2.05. The fourth-order valence-electron chi connectivity index (χ4n) is 0.951. The Hall–Kier alpha value is -0.800. The summed E-state index contributed by atoms with van der Waals surface area (Å²) in [6.45, 7) is 0.154. The zero-order valence-electron chi connectivity index (χ0n) is 6.58. The Morgan fingerprint density at radius 1 is 1.73 bits per heavy atom. The second-order valence-corrected chi connectivity index (χ2v) is 2.50. The fourth-order valence-corrected chi connectivity index (χ4v) is 0.951. The third-order valence-corrected chi connectivity index (χ3v) is 1.69. The average molecular weight is 155 g/mol. The largest absolute Gasteiger partial charge is 0.472 e. The maximum Gasteiger partial charge on any atom is 0.0935 e. The van der Waals surface area contributed by atoms with Crippen molar-refractivity contribution in [1.29, 1.82) is 0 Å². The zero-order valence-corrected chi connectivity index (χ0v) is 6.58. The van der Waals surface area contributed by atoms with Crippen molar-refractivity contribution in [1.82, 2.24) is 5.32 Å². The van der Waals surface area contributed by atoms with Gasteiger partial charge in [-0.3, -0.25) is 0 Å². The first kappa shape index (κ1) is 8.30. The van der Waals surface area contributed by atoms with E-state index in [2.05, 4.69) is 5.32 Å². The molecule has 0 unspecified atom stereocenters. The quantitative estimate of drug-likeness (QED) is 0.661. The van der Waals surface area contributed by atoms with Crippen LogP contribution in [0.15, 0.2) is 23.0 Å². The lowest BCUT2D eigenvalue weighted by Gasteiger charge is -2.10. The maximum atomic E-state index is 8.83. The number of rotatable bonds is 4. The van der Waals surface area contributed by atoms with Crippen molar-refractivity contribution in [2.75, 3.05) is 13.7 Å². The van der Waals surface area contributed by atoms with Crippen LogP contribution in [0.5, 0.6) is 0 Å². The molecule has 0 amide bonds. The summed E-state index contributed by atoms with van der Waals surface area (Å²) in [6.07, 6.45) is 4.14. The summed E-state index contributed by atoms with van der Waals surface area (Å²) in [5.41, 5.74) is 1.11. The van der Waals surface area contributed by atoms with Crippen LogP contribution >= 0.6 is 0 Å². The predicted octanol–water partition coefficient (Wildman–Crippen LogP) is 0.402. The third kappa shape index (κ3) is 2.37. The number of furan rings is 1. The van der Waals surface area contributed by atoms with E-state index >= 15 is 0 Å². The van der Waals surface area contributed by atoms with Gasteiger partial charge in [0.05, 0.1) is 19.1 Å². The van der Waals surface area contributed by atoms with Gasteiger partial charge < -0.3 is 14.8 Å². The van der Waals surface area contributed by atoms with Gasteiger partial charge >= 0.3 is 0 Å². The van der Waals surface area contributed by atoms with Crippen LogP contribution in [0.4, 0.5) is 0 Å². The SMILES string of the molecule is CN[C@@H](CO)Cc1ccoc1. The highest BCUT2D eigenvalue weighted by atomic mass is 16.3. The minimum absolute atomic E-state index is 0.132. The summed E-state index contributed by atoms with van der Waals surface area (Å²) in [5.74, 6) is 0. The molecule has 0 spiro atoms. The second-order valence-electron chi connectivity index (χ2n) is 2.50. The topological polar surface area (TPSA) is 45.4 Å². The summed E-state index contributed by atoms with van der Waals surface area (Å²) in [7, 11) is 1.83. The lowest BCUT2D eigenvalue weighted by atomic mass is 10.1. The van der Waals surface area contributed by atoms with Crippen LogP contribution in [0.2, 0.25) is 0 Å². The highest BCUT2D eigenvalue weighted by molar-refractivity contribution is 5.07. The number of hydrogen-bond donors (Lipinski definition) is 2. The van der Waals surface area contributed by atoms with E-state index in [1.807, 2.05) is 13.1 Å². The number of hydrogen-bond acceptors (Lipinski definition) is 3. The summed E-state index contributed by atoms with van der Waals surface area (Å²) < 4.78 is 4.89. The van der Waals surface area contributed by atoms with Gasteiger partial charge in [-0.15, -0.1) is 0 Å². The Balaban J connectivity index is 2.41. The van der Waals surface area contributed by atoms with Gasteiger partial charge in [0.1, 0.15) is 0 Å². The number of aliphatic hydroxyl groups excluding tert-OH is 1. The van der Waals surface area contributed by atoms with E-state index in [-0.39, 0.29) is 12.6 Å². The molecule has 3 nitrogen and oxygen atoms in total. The monoisotopic (exact) mass is 155 g/mol. The van der Waals surface area contributed by atoms with Gasteiger partial charge in [0.15, 0.2) is 0 Å². The fraction of sp³-hybridized carbons (Fsp3) is 0.500. The Kier molecular flexibility index (Phi) is 3.14. The molecule has 1 heterocycles. The predicted molar refractivity (Wildman–Crippen MR) is 42.3 cm³/mol. The van der Waals surface area contributed by atoms with Crippen LogP contribution in [-0.4, -0.2) is 24.8 Å². The average Bonchev–Trinajstić information content (AvgIpc) is 2.52. The van der Waals surface area contributed by atoms with Crippen LogP contribution in [-0.2, 0) is 6.42 Å². The molecule has 62 valence electrons. The van der Waals surface area contributed by atoms with E-state index in [0.29, 0.717) is 0 Å². The van der Waals surface area contributed by atoms with Gasteiger partial charge in [0, 0.05) is 6.04 Å². The van der Waals surface area contributed by atoms with Gasteiger partial charge in [0.25, 0.3) is 0 Å². The molecule has 11 heavy (non-hydrogen) atoms. The molecule has 1 atom stereocenters. The molecule has 1 rings (SSSR count). The van der Waals surface area contributed by atoms with Crippen molar-refractivity contribution in [2.45, 2.75) is 12.5 Å². The van der Waals surface area contributed by atoms with E-state index in [0.717, 1.165) is 12.0 Å². The Morgan fingerprint density at radius 3 is 3.00 bits per heavy atom. The standard InChI is InChI=1S/C8H13NO2/c1-9-8(5-10)4-7-2-3-11-6-7/h2-3,6,8-10H,4-5H2,1H3/t8-/m1/s1. The van der Waals surface area contributed by atoms with E-state index in [1.54, 1.807) is 12.5 Å². The van der Waals surface area contributed by atoms with Gasteiger partial charge in [-0.1, -0.05) is 0 Å². The first-order valence-electron chi connectivity index (χ1n) is 3.66. The van der Waals surface area contributed by atoms with E-state index in [9.17, 15) is 0 Å². The molecule has 0 bridgehead atoms. The van der Waals surface area contributed by atoms with E-state index in [4.69, 9.17) is 9.52 Å². The molecule has 1 aromatic heterocycles. The van der Waals surface area contributed by atoms with Crippen molar-refractivity contribution >= 4 is 0 Å². The van der Waals surface area contributed by atoms with Gasteiger partial charge in [-0.25, -0.2) is 0 Å². The number of aliphatic hydroxyl groups is 1. The molecule has 0 radical (unpaired) electrons. The third-order valence-electron chi connectivity index (χ3n) is 1.69. The van der Waals surface area contributed by atoms with Crippen molar-refractivity contribution < 1.29 is 9.52 Å². The molecule has 0 saturated carbocycles. The van der Waals surface area contributed by atoms with Crippen molar-refractivity contribution in [3.63, 3.8) is 0 Å². The second kappa shape index (κ2) is 4.16. The van der Waals surface area contributed by atoms with Gasteiger partial charge in [0.2, 0.25) is 0 Å². The van der Waals surface area contributed by atoms with Crippen molar-refractivity contribution in [3.8, 4) is 0 Å². The summed E-state index contributed by atoms with van der Waals surface area (Å²) in [5, 5.41) is 11.8. The van der Waals surface area contributed by atoms with Crippen LogP contribution in [0.1, 0.15) is 5.56 Å². The Bertz CT molecular complexity index is 180. The van der Waals surface area contributed by atoms with Gasteiger partial charge in [-0.05, 0) is 25.1 Å². The highest BCUT2D eigenvalue weighted by Crippen LogP contribution is 2.03. The summed E-state index contributed by atoms with van der Waals surface area (Å²) >= 11 is 0. The normalized spacial score (nSPS) is 13.3. The van der Waals surface area contributed by atoms with Gasteiger partial charge in [-0.2, -0.15) is 0 Å². The number of likely N-dealkylation sites (N-methyl/N-ethyl adjacent to an activating group) is 1. The smallest absolute Gasteiger partial charge is 0.0935 e. The summed E-state index contributed by atoms with van der Waals surface area (Å²) in [4.78, 5) is 0. The van der Waals surface area contributed by atoms with Crippen LogP contribution < -0.4 is 5.32 Å². The molecule has 0 aliphatic rings. The van der Waals surface area contributed by atoms with Crippen molar-refractivity contribution in [3.05, 3.63) is 24.2 Å².